The van der Waals surface area contributed by atoms with Crippen molar-refractivity contribution in [2.45, 2.75) is 6.61 Å². The number of pyridine rings is 1. The van der Waals surface area contributed by atoms with Crippen LogP contribution in [0.15, 0.2) is 48.7 Å². The molecule has 0 aliphatic heterocycles. The highest BCUT2D eigenvalue weighted by Crippen LogP contribution is 2.21. The largest absolute Gasteiger partial charge is 0.468 e. The highest BCUT2D eigenvalue weighted by Gasteiger charge is 2.12. The Morgan fingerprint density at radius 2 is 1.96 bits per heavy atom. The van der Waals surface area contributed by atoms with Crippen LogP contribution in [0.25, 0.3) is 16.9 Å². The zero-order valence-corrected chi connectivity index (χ0v) is 14.4. The number of benzene rings is 1. The van der Waals surface area contributed by atoms with E-state index < -0.39 is 0 Å². The minimum atomic E-state index is 0.0199. The van der Waals surface area contributed by atoms with Crippen LogP contribution in [-0.2, 0) is 6.61 Å². The Labute approximate surface area is 159 Å². The van der Waals surface area contributed by atoms with Crippen molar-refractivity contribution in [3.63, 3.8) is 0 Å². The van der Waals surface area contributed by atoms with Crippen molar-refractivity contribution < 1.29 is 4.74 Å². The van der Waals surface area contributed by atoms with E-state index in [2.05, 4.69) is 26.1 Å². The first-order valence-corrected chi connectivity index (χ1v) is 8.18. The number of aromatic nitrogens is 5. The third-order valence-electron chi connectivity index (χ3n) is 3.91. The number of anilines is 1. The Morgan fingerprint density at radius 3 is 2.79 bits per heavy atom. The monoisotopic (exact) mass is 368 g/mol. The number of fused-ring (bicyclic) bond motifs is 1. The molecule has 28 heavy (non-hydrogen) atoms. The number of nitriles is 2. The van der Waals surface area contributed by atoms with Crippen LogP contribution in [0.3, 0.4) is 0 Å². The Kier molecular flexibility index (Phi) is 4.25. The summed E-state index contributed by atoms with van der Waals surface area (Å²) in [7, 11) is 0. The second-order valence-electron chi connectivity index (χ2n) is 5.75. The summed E-state index contributed by atoms with van der Waals surface area (Å²) >= 11 is 0. The SMILES string of the molecule is N#Cc1cccc(-c2cc3nc(COc4ncccc4C#N)nn3c(N)n2)c1. The topological polar surface area (TPSA) is 139 Å². The summed E-state index contributed by atoms with van der Waals surface area (Å²) in [5.41, 5.74) is 8.69. The number of hydrogen-bond donors (Lipinski definition) is 1. The predicted octanol–water partition coefficient (Wildman–Crippen LogP) is 2.09. The standard InChI is InChI=1S/C19H12N8O/c20-9-12-3-1-4-13(7-12)15-8-17-25-16(26-27(17)19(22)24-15)11-28-18-14(10-21)5-2-6-23-18/h1-8H,11H2,(H2,22,24). The van der Waals surface area contributed by atoms with Gasteiger partial charge in [0.2, 0.25) is 11.8 Å². The molecule has 0 saturated heterocycles. The van der Waals surface area contributed by atoms with Crippen LogP contribution in [0.4, 0.5) is 5.95 Å². The second kappa shape index (κ2) is 7.02. The fourth-order valence-electron chi connectivity index (χ4n) is 2.64. The molecule has 0 aliphatic rings. The van der Waals surface area contributed by atoms with E-state index in [-0.39, 0.29) is 18.4 Å². The molecule has 0 bridgehead atoms. The molecule has 0 saturated carbocycles. The molecule has 0 aliphatic carbocycles. The first-order chi connectivity index (χ1) is 13.7. The van der Waals surface area contributed by atoms with Gasteiger partial charge in [0.05, 0.1) is 17.3 Å². The quantitative estimate of drug-likeness (QED) is 0.577. The van der Waals surface area contributed by atoms with E-state index in [9.17, 15) is 0 Å². The minimum Gasteiger partial charge on any atom is -0.468 e. The van der Waals surface area contributed by atoms with E-state index in [1.807, 2.05) is 12.1 Å². The number of rotatable bonds is 4. The maximum absolute atomic E-state index is 9.09. The average molecular weight is 368 g/mol. The summed E-state index contributed by atoms with van der Waals surface area (Å²) in [5, 5.41) is 22.4. The molecule has 3 heterocycles. The van der Waals surface area contributed by atoms with Crippen LogP contribution in [-0.4, -0.2) is 24.6 Å². The van der Waals surface area contributed by atoms with Gasteiger partial charge in [-0.1, -0.05) is 12.1 Å². The summed E-state index contributed by atoms with van der Waals surface area (Å²) < 4.78 is 6.96. The van der Waals surface area contributed by atoms with E-state index in [0.717, 1.165) is 5.56 Å². The second-order valence-corrected chi connectivity index (χ2v) is 5.75. The van der Waals surface area contributed by atoms with Crippen LogP contribution in [0.2, 0.25) is 0 Å². The molecule has 9 heteroatoms. The van der Waals surface area contributed by atoms with Crippen LogP contribution >= 0.6 is 0 Å². The zero-order chi connectivity index (χ0) is 19.5. The van der Waals surface area contributed by atoms with Gasteiger partial charge in [-0.15, -0.1) is 5.10 Å². The van der Waals surface area contributed by atoms with Crippen molar-refractivity contribution in [2.24, 2.45) is 0 Å². The first kappa shape index (κ1) is 16.9. The molecular formula is C19H12N8O. The molecule has 1 aromatic carbocycles. The number of nitrogens with two attached hydrogens (primary N) is 1. The van der Waals surface area contributed by atoms with Gasteiger partial charge >= 0.3 is 0 Å². The zero-order valence-electron chi connectivity index (χ0n) is 14.4. The van der Waals surface area contributed by atoms with Crippen molar-refractivity contribution in [1.29, 1.82) is 10.5 Å². The van der Waals surface area contributed by atoms with Gasteiger partial charge in [-0.3, -0.25) is 0 Å². The molecule has 4 rings (SSSR count). The fraction of sp³-hybridized carbons (Fsp3) is 0.0526. The molecule has 0 unspecified atom stereocenters. The maximum atomic E-state index is 9.09. The number of ether oxygens (including phenoxy) is 1. The van der Waals surface area contributed by atoms with Gasteiger partial charge in [0.1, 0.15) is 11.6 Å². The highest BCUT2D eigenvalue weighted by atomic mass is 16.5. The summed E-state index contributed by atoms with van der Waals surface area (Å²) in [6.45, 7) is 0.0199. The molecule has 4 aromatic rings. The molecule has 0 fully saturated rings. The lowest BCUT2D eigenvalue weighted by atomic mass is 10.1. The Hall–Kier alpha value is -4.50. The van der Waals surface area contributed by atoms with Crippen molar-refractivity contribution >= 4 is 11.6 Å². The fourth-order valence-corrected chi connectivity index (χ4v) is 2.64. The molecule has 0 radical (unpaired) electrons. The minimum absolute atomic E-state index is 0.0199. The molecule has 3 aromatic heterocycles. The van der Waals surface area contributed by atoms with Gasteiger partial charge in [-0.05, 0) is 24.3 Å². The van der Waals surface area contributed by atoms with E-state index in [1.54, 1.807) is 36.4 Å². The van der Waals surface area contributed by atoms with Crippen LogP contribution < -0.4 is 10.5 Å². The average Bonchev–Trinajstić information content (AvgIpc) is 3.16. The van der Waals surface area contributed by atoms with Crippen LogP contribution in [0, 0.1) is 22.7 Å². The molecule has 0 atom stereocenters. The van der Waals surface area contributed by atoms with Crippen molar-refractivity contribution in [1.82, 2.24) is 24.6 Å². The molecule has 0 spiro atoms. The highest BCUT2D eigenvalue weighted by molar-refractivity contribution is 5.66. The summed E-state index contributed by atoms with van der Waals surface area (Å²) in [4.78, 5) is 12.8. The van der Waals surface area contributed by atoms with Gasteiger partial charge in [-0.25, -0.2) is 15.0 Å². The molecule has 134 valence electrons. The third-order valence-corrected chi connectivity index (χ3v) is 3.91. The van der Waals surface area contributed by atoms with Gasteiger partial charge in [0.25, 0.3) is 0 Å². The normalized spacial score (nSPS) is 10.4. The Bertz CT molecular complexity index is 1270. The number of nitrogens with zero attached hydrogens (tertiary/aromatic N) is 7. The summed E-state index contributed by atoms with van der Waals surface area (Å²) in [6.07, 6.45) is 1.54. The van der Waals surface area contributed by atoms with Gasteiger partial charge in [0.15, 0.2) is 18.1 Å². The number of nitrogen functional groups attached to an aromatic ring is 1. The Morgan fingerprint density at radius 1 is 1.07 bits per heavy atom. The molecule has 9 nitrogen and oxygen atoms in total. The molecule has 0 amide bonds. The smallest absolute Gasteiger partial charge is 0.232 e. The van der Waals surface area contributed by atoms with E-state index in [4.69, 9.17) is 21.0 Å². The van der Waals surface area contributed by atoms with Crippen molar-refractivity contribution in [2.75, 3.05) is 5.73 Å². The van der Waals surface area contributed by atoms with E-state index in [0.29, 0.717) is 28.3 Å². The van der Waals surface area contributed by atoms with Crippen LogP contribution in [0.1, 0.15) is 17.0 Å². The lowest BCUT2D eigenvalue weighted by molar-refractivity contribution is 0.283. The summed E-state index contributed by atoms with van der Waals surface area (Å²) in [6, 6.07) is 16.2. The molecule has 2 N–H and O–H groups in total. The van der Waals surface area contributed by atoms with Gasteiger partial charge in [-0.2, -0.15) is 15.0 Å². The van der Waals surface area contributed by atoms with Gasteiger partial charge in [0, 0.05) is 17.8 Å². The number of hydrogen-bond acceptors (Lipinski definition) is 8. The van der Waals surface area contributed by atoms with Crippen LogP contribution in [0.5, 0.6) is 5.88 Å². The lowest BCUT2D eigenvalue weighted by Gasteiger charge is -2.03. The molecular weight excluding hydrogens is 356 g/mol. The lowest BCUT2D eigenvalue weighted by Crippen LogP contribution is -2.04. The maximum Gasteiger partial charge on any atom is 0.232 e. The first-order valence-electron chi connectivity index (χ1n) is 8.18. The third kappa shape index (κ3) is 3.16. The summed E-state index contributed by atoms with van der Waals surface area (Å²) in [5.74, 6) is 0.735. The van der Waals surface area contributed by atoms with Crippen molar-refractivity contribution in [3.8, 4) is 29.3 Å². The van der Waals surface area contributed by atoms with E-state index in [1.165, 1.54) is 10.7 Å². The van der Waals surface area contributed by atoms with Gasteiger partial charge < -0.3 is 10.5 Å². The van der Waals surface area contributed by atoms with E-state index >= 15 is 0 Å². The van der Waals surface area contributed by atoms with Crippen molar-refractivity contribution in [3.05, 3.63) is 65.6 Å². The Balaban J connectivity index is 1.65. The predicted molar refractivity (Wildman–Crippen MR) is 98.6 cm³/mol.